The number of nitrogens with zero attached hydrogens (tertiary/aromatic N) is 1. The van der Waals surface area contributed by atoms with Gasteiger partial charge in [0.15, 0.2) is 0 Å². The molecule has 0 radical (unpaired) electrons. The zero-order chi connectivity index (χ0) is 17.4. The number of nitrogens with one attached hydrogen (secondary N) is 1. The number of hydrogen-bond donors (Lipinski definition) is 1. The summed E-state index contributed by atoms with van der Waals surface area (Å²) in [6.45, 7) is 3.80. The zero-order valence-corrected chi connectivity index (χ0v) is 15.8. The van der Waals surface area contributed by atoms with E-state index in [0.29, 0.717) is 5.02 Å². The van der Waals surface area contributed by atoms with Crippen molar-refractivity contribution in [3.05, 3.63) is 29.3 Å². The van der Waals surface area contributed by atoms with E-state index in [-0.39, 0.29) is 10.9 Å². The highest BCUT2D eigenvalue weighted by atomic mass is 35.5. The first kappa shape index (κ1) is 19.7. The Kier molecular flexibility index (Phi) is 7.97. The Bertz CT molecular complexity index is 584. The summed E-state index contributed by atoms with van der Waals surface area (Å²) in [6.07, 6.45) is 5.16. The van der Waals surface area contributed by atoms with Crippen molar-refractivity contribution in [2.75, 3.05) is 33.4 Å². The molecule has 0 aliphatic carbocycles. The van der Waals surface area contributed by atoms with Crippen molar-refractivity contribution in [2.24, 2.45) is 0 Å². The van der Waals surface area contributed by atoms with Gasteiger partial charge in [0.05, 0.1) is 4.90 Å². The SMILES string of the molecule is COCCCCCN1CCC(NS(=O)(=O)c2ccc(Cl)cc2)CC1. The number of ether oxygens (including phenoxy) is 1. The van der Waals surface area contributed by atoms with Gasteiger partial charge >= 0.3 is 0 Å². The molecule has 7 heteroatoms. The number of rotatable bonds is 9. The summed E-state index contributed by atoms with van der Waals surface area (Å²) in [5.74, 6) is 0. The van der Waals surface area contributed by atoms with Gasteiger partial charge in [-0.3, -0.25) is 0 Å². The van der Waals surface area contributed by atoms with Gasteiger partial charge < -0.3 is 9.64 Å². The number of likely N-dealkylation sites (tertiary alicyclic amines) is 1. The Hall–Kier alpha value is -0.660. The summed E-state index contributed by atoms with van der Waals surface area (Å²) >= 11 is 5.81. The van der Waals surface area contributed by atoms with Crippen LogP contribution in [-0.4, -0.2) is 52.7 Å². The molecule has 0 spiro atoms. The van der Waals surface area contributed by atoms with Gasteiger partial charge in [-0.2, -0.15) is 0 Å². The lowest BCUT2D eigenvalue weighted by molar-refractivity contribution is 0.182. The van der Waals surface area contributed by atoms with Gasteiger partial charge in [0, 0.05) is 24.8 Å². The Balaban J connectivity index is 1.73. The van der Waals surface area contributed by atoms with Crippen LogP contribution in [0, 0.1) is 0 Å². The average Bonchev–Trinajstić information content (AvgIpc) is 2.56. The smallest absolute Gasteiger partial charge is 0.240 e. The van der Waals surface area contributed by atoms with Gasteiger partial charge in [-0.15, -0.1) is 0 Å². The molecule has 0 atom stereocenters. The van der Waals surface area contributed by atoms with Crippen LogP contribution >= 0.6 is 11.6 Å². The highest BCUT2D eigenvalue weighted by molar-refractivity contribution is 7.89. The van der Waals surface area contributed by atoms with Gasteiger partial charge in [-0.25, -0.2) is 13.1 Å². The summed E-state index contributed by atoms with van der Waals surface area (Å²) in [7, 11) is -1.73. The highest BCUT2D eigenvalue weighted by Crippen LogP contribution is 2.17. The van der Waals surface area contributed by atoms with Crippen molar-refractivity contribution < 1.29 is 13.2 Å². The summed E-state index contributed by atoms with van der Waals surface area (Å²) < 4.78 is 32.6. The summed E-state index contributed by atoms with van der Waals surface area (Å²) in [4.78, 5) is 2.69. The van der Waals surface area contributed by atoms with Crippen LogP contribution in [0.2, 0.25) is 5.02 Å². The topological polar surface area (TPSA) is 58.6 Å². The number of hydrogen-bond acceptors (Lipinski definition) is 4. The fourth-order valence-corrected chi connectivity index (χ4v) is 4.37. The highest BCUT2D eigenvalue weighted by Gasteiger charge is 2.24. The average molecular weight is 375 g/mol. The van der Waals surface area contributed by atoms with Crippen LogP contribution in [0.3, 0.4) is 0 Å². The predicted octanol–water partition coefficient (Wildman–Crippen LogP) is 2.90. The minimum atomic E-state index is -3.46. The number of piperidine rings is 1. The first-order chi connectivity index (χ1) is 11.5. The molecule has 1 saturated heterocycles. The molecule has 1 fully saturated rings. The van der Waals surface area contributed by atoms with Gasteiger partial charge in [0.25, 0.3) is 0 Å². The van der Waals surface area contributed by atoms with Gasteiger partial charge in [-0.1, -0.05) is 11.6 Å². The monoisotopic (exact) mass is 374 g/mol. The van der Waals surface area contributed by atoms with E-state index >= 15 is 0 Å². The van der Waals surface area contributed by atoms with Crippen molar-refractivity contribution in [2.45, 2.75) is 43.0 Å². The van der Waals surface area contributed by atoms with Crippen LogP contribution in [0.1, 0.15) is 32.1 Å². The minimum Gasteiger partial charge on any atom is -0.385 e. The Morgan fingerprint density at radius 2 is 1.83 bits per heavy atom. The molecular weight excluding hydrogens is 348 g/mol. The minimum absolute atomic E-state index is 0.00965. The number of halogens is 1. The zero-order valence-electron chi connectivity index (χ0n) is 14.2. The fraction of sp³-hybridized carbons (Fsp3) is 0.647. The summed E-state index contributed by atoms with van der Waals surface area (Å²) in [6, 6.07) is 6.29. The van der Waals surface area contributed by atoms with Crippen LogP contribution in [-0.2, 0) is 14.8 Å². The van der Waals surface area contributed by atoms with Crippen molar-refractivity contribution in [1.29, 1.82) is 0 Å². The molecular formula is C17H27ClN2O3S. The molecule has 0 amide bonds. The third-order valence-corrected chi connectivity index (χ3v) is 6.14. The first-order valence-electron chi connectivity index (χ1n) is 8.50. The van der Waals surface area contributed by atoms with Crippen molar-refractivity contribution in [1.82, 2.24) is 9.62 Å². The second kappa shape index (κ2) is 9.73. The van der Waals surface area contributed by atoms with E-state index in [2.05, 4.69) is 9.62 Å². The first-order valence-corrected chi connectivity index (χ1v) is 10.4. The summed E-state index contributed by atoms with van der Waals surface area (Å²) in [5.41, 5.74) is 0. The van der Waals surface area contributed by atoms with E-state index in [4.69, 9.17) is 16.3 Å². The van der Waals surface area contributed by atoms with E-state index in [0.717, 1.165) is 45.5 Å². The largest absolute Gasteiger partial charge is 0.385 e. The molecule has 0 bridgehead atoms. The molecule has 1 aliphatic heterocycles. The maximum Gasteiger partial charge on any atom is 0.240 e. The molecule has 136 valence electrons. The lowest BCUT2D eigenvalue weighted by atomic mass is 10.1. The molecule has 1 aromatic carbocycles. The molecule has 24 heavy (non-hydrogen) atoms. The molecule has 1 aromatic rings. The molecule has 2 rings (SSSR count). The summed E-state index contributed by atoms with van der Waals surface area (Å²) in [5, 5.41) is 0.535. The van der Waals surface area contributed by atoms with Gasteiger partial charge in [-0.05, 0) is 76.0 Å². The molecule has 0 saturated carbocycles. The lowest BCUT2D eigenvalue weighted by Gasteiger charge is -2.32. The van der Waals surface area contributed by atoms with E-state index < -0.39 is 10.0 Å². The predicted molar refractivity (Wildman–Crippen MR) is 97.0 cm³/mol. The third-order valence-electron chi connectivity index (χ3n) is 4.36. The van der Waals surface area contributed by atoms with Crippen molar-refractivity contribution in [3.8, 4) is 0 Å². The van der Waals surface area contributed by atoms with E-state index in [1.54, 1.807) is 31.4 Å². The Labute approximate surface area is 150 Å². The maximum absolute atomic E-state index is 12.4. The third kappa shape index (κ3) is 6.33. The molecule has 1 N–H and O–H groups in total. The van der Waals surface area contributed by atoms with E-state index in [9.17, 15) is 8.42 Å². The van der Waals surface area contributed by atoms with E-state index in [1.165, 1.54) is 12.8 Å². The normalized spacial score (nSPS) is 17.2. The van der Waals surface area contributed by atoms with Crippen LogP contribution in [0.4, 0.5) is 0 Å². The van der Waals surface area contributed by atoms with Crippen molar-refractivity contribution >= 4 is 21.6 Å². The quantitative estimate of drug-likeness (QED) is 0.675. The molecule has 0 unspecified atom stereocenters. The van der Waals surface area contributed by atoms with Crippen LogP contribution < -0.4 is 4.72 Å². The van der Waals surface area contributed by atoms with Crippen LogP contribution in [0.15, 0.2) is 29.2 Å². The molecule has 5 nitrogen and oxygen atoms in total. The van der Waals surface area contributed by atoms with E-state index in [1.807, 2.05) is 0 Å². The molecule has 0 aromatic heterocycles. The Morgan fingerprint density at radius 1 is 1.17 bits per heavy atom. The van der Waals surface area contributed by atoms with Crippen LogP contribution in [0.25, 0.3) is 0 Å². The fourth-order valence-electron chi connectivity index (χ4n) is 2.93. The van der Waals surface area contributed by atoms with Gasteiger partial charge in [0.1, 0.15) is 0 Å². The number of methoxy groups -OCH3 is 1. The number of sulfonamides is 1. The Morgan fingerprint density at radius 3 is 2.46 bits per heavy atom. The number of unbranched alkanes of at least 4 members (excludes halogenated alkanes) is 2. The maximum atomic E-state index is 12.4. The van der Waals surface area contributed by atoms with Crippen molar-refractivity contribution in [3.63, 3.8) is 0 Å². The number of benzene rings is 1. The molecule has 1 heterocycles. The lowest BCUT2D eigenvalue weighted by Crippen LogP contribution is -2.44. The van der Waals surface area contributed by atoms with Gasteiger partial charge in [0.2, 0.25) is 10.0 Å². The molecule has 1 aliphatic rings. The second-order valence-electron chi connectivity index (χ2n) is 6.24. The second-order valence-corrected chi connectivity index (χ2v) is 8.39. The standard InChI is InChI=1S/C17H27ClN2O3S/c1-23-14-4-2-3-11-20-12-9-16(10-13-20)19-24(21,22)17-7-5-15(18)6-8-17/h5-8,16,19H,2-4,9-14H2,1H3. The van der Waals surface area contributed by atoms with Crippen LogP contribution in [0.5, 0.6) is 0 Å².